The molecule has 0 bridgehead atoms. The molecule has 0 aliphatic carbocycles. The smallest absolute Gasteiger partial charge is 0.224 e. The van der Waals surface area contributed by atoms with Crippen molar-refractivity contribution in [2.45, 2.75) is 52.4 Å². The molecular weight excluding hydrogens is 248 g/mol. The third-order valence-corrected chi connectivity index (χ3v) is 3.03. The van der Waals surface area contributed by atoms with E-state index in [1.807, 2.05) is 32.2 Å². The van der Waals surface area contributed by atoms with Crippen LogP contribution in [0.2, 0.25) is 0 Å². The molecule has 1 amide bonds. The second-order valence-electron chi connectivity index (χ2n) is 4.95. The molecule has 0 fully saturated rings. The highest BCUT2D eigenvalue weighted by atomic mass is 16.1. The van der Waals surface area contributed by atoms with Gasteiger partial charge >= 0.3 is 0 Å². The molecule has 114 valence electrons. The Morgan fingerprint density at radius 1 is 1.15 bits per heavy atom. The van der Waals surface area contributed by atoms with Gasteiger partial charge in [0.05, 0.1) is 0 Å². The maximum atomic E-state index is 11.8. The highest BCUT2D eigenvalue weighted by molar-refractivity contribution is 5.78. The average Bonchev–Trinajstić information content (AvgIpc) is 2.45. The summed E-state index contributed by atoms with van der Waals surface area (Å²) in [5, 5.41) is 6.01. The number of nitrogens with one attached hydrogen (secondary N) is 2. The van der Waals surface area contributed by atoms with Crippen LogP contribution in [0.25, 0.3) is 0 Å². The Labute approximate surface area is 124 Å². The van der Waals surface area contributed by atoms with Crippen LogP contribution in [0.3, 0.4) is 0 Å². The molecule has 0 atom stereocenters. The predicted octanol–water partition coefficient (Wildman–Crippen LogP) is 3.70. The summed E-state index contributed by atoms with van der Waals surface area (Å²) < 4.78 is 0. The van der Waals surface area contributed by atoms with Gasteiger partial charge in [0.15, 0.2) is 0 Å². The van der Waals surface area contributed by atoms with Crippen LogP contribution in [-0.4, -0.2) is 19.5 Å². The summed E-state index contributed by atoms with van der Waals surface area (Å²) in [6.45, 7) is 9.07. The van der Waals surface area contributed by atoms with Crippen molar-refractivity contribution < 1.29 is 4.79 Å². The van der Waals surface area contributed by atoms with E-state index in [4.69, 9.17) is 0 Å². The van der Waals surface area contributed by atoms with Crippen LogP contribution in [0.1, 0.15) is 52.4 Å². The first-order chi connectivity index (χ1) is 9.63. The number of hydrogen-bond donors (Lipinski definition) is 2. The van der Waals surface area contributed by atoms with Crippen LogP contribution < -0.4 is 10.6 Å². The van der Waals surface area contributed by atoms with E-state index in [0.717, 1.165) is 43.5 Å². The van der Waals surface area contributed by atoms with Crippen LogP contribution in [-0.2, 0) is 4.79 Å². The Morgan fingerprint density at radius 3 is 2.50 bits per heavy atom. The predicted molar refractivity (Wildman–Crippen MR) is 87.5 cm³/mol. The molecule has 0 heterocycles. The lowest BCUT2D eigenvalue weighted by molar-refractivity contribution is -0.120. The van der Waals surface area contributed by atoms with Crippen LogP contribution in [0.5, 0.6) is 0 Å². The van der Waals surface area contributed by atoms with Crippen molar-refractivity contribution in [3.05, 3.63) is 36.1 Å². The molecule has 0 saturated carbocycles. The zero-order valence-electron chi connectivity index (χ0n) is 13.3. The third-order valence-electron chi connectivity index (χ3n) is 3.03. The maximum Gasteiger partial charge on any atom is 0.224 e. The zero-order chi connectivity index (χ0) is 15.2. The second-order valence-corrected chi connectivity index (χ2v) is 4.95. The van der Waals surface area contributed by atoms with Gasteiger partial charge in [0.2, 0.25) is 5.91 Å². The molecule has 0 aromatic heterocycles. The Kier molecular flexibility index (Phi) is 11.8. The molecule has 0 aliphatic heterocycles. The van der Waals surface area contributed by atoms with Gasteiger partial charge in [-0.1, -0.05) is 37.6 Å². The van der Waals surface area contributed by atoms with Gasteiger partial charge in [-0.15, -0.1) is 0 Å². The molecule has 0 aromatic rings. The van der Waals surface area contributed by atoms with Gasteiger partial charge < -0.3 is 10.6 Å². The van der Waals surface area contributed by atoms with Crippen molar-refractivity contribution in [2.24, 2.45) is 0 Å². The van der Waals surface area contributed by atoms with E-state index in [2.05, 4.69) is 24.1 Å². The highest BCUT2D eigenvalue weighted by Crippen LogP contribution is 2.07. The second kappa shape index (κ2) is 12.7. The first-order valence-corrected chi connectivity index (χ1v) is 7.60. The Bertz CT molecular complexity index is 343. The van der Waals surface area contributed by atoms with E-state index in [1.54, 1.807) is 0 Å². The van der Waals surface area contributed by atoms with Crippen molar-refractivity contribution in [1.82, 2.24) is 10.6 Å². The average molecular weight is 278 g/mol. The van der Waals surface area contributed by atoms with Gasteiger partial charge in [0.25, 0.3) is 0 Å². The highest BCUT2D eigenvalue weighted by Gasteiger charge is 2.01. The fourth-order valence-electron chi connectivity index (χ4n) is 1.72. The van der Waals surface area contributed by atoms with Gasteiger partial charge in [-0.25, -0.2) is 0 Å². The third kappa shape index (κ3) is 10.6. The van der Waals surface area contributed by atoms with Gasteiger partial charge in [0, 0.05) is 12.1 Å². The first kappa shape index (κ1) is 18.7. The molecule has 3 heteroatoms. The number of carbonyl (C=O) groups excluding carboxylic acids is 1. The SMILES string of the molecule is C=C(/C=C\C(=C/C)NC(=O)CCCCNC)CCCC. The summed E-state index contributed by atoms with van der Waals surface area (Å²) >= 11 is 0. The quantitative estimate of drug-likeness (QED) is 0.447. The number of unbranched alkanes of at least 4 members (excludes halogenated alkanes) is 2. The minimum Gasteiger partial charge on any atom is -0.326 e. The number of allylic oxidation sites excluding steroid dienone is 4. The summed E-state index contributed by atoms with van der Waals surface area (Å²) in [7, 11) is 1.92. The van der Waals surface area contributed by atoms with E-state index in [1.165, 1.54) is 6.42 Å². The standard InChI is InChI=1S/C17H30N2O/c1-5-7-10-15(3)12-13-16(6-2)19-17(20)11-8-9-14-18-4/h6,12-13,18H,3,5,7-11,14H2,1-2,4H3,(H,19,20)/b13-12-,16-6+. The van der Waals surface area contributed by atoms with Crippen molar-refractivity contribution >= 4 is 5.91 Å². The van der Waals surface area contributed by atoms with Gasteiger partial charge in [-0.3, -0.25) is 4.79 Å². The maximum absolute atomic E-state index is 11.8. The van der Waals surface area contributed by atoms with E-state index < -0.39 is 0 Å². The number of rotatable bonds is 11. The zero-order valence-corrected chi connectivity index (χ0v) is 13.3. The molecule has 0 unspecified atom stereocenters. The lowest BCUT2D eigenvalue weighted by Gasteiger charge is -2.06. The Morgan fingerprint density at radius 2 is 1.90 bits per heavy atom. The number of carbonyl (C=O) groups is 1. The molecular formula is C17H30N2O. The summed E-state index contributed by atoms with van der Waals surface area (Å²) in [4.78, 5) is 11.8. The lowest BCUT2D eigenvalue weighted by atomic mass is 10.1. The molecule has 20 heavy (non-hydrogen) atoms. The number of hydrogen-bond acceptors (Lipinski definition) is 2. The summed E-state index contributed by atoms with van der Waals surface area (Å²) in [6, 6.07) is 0. The Balaban J connectivity index is 4.05. The number of amides is 1. The van der Waals surface area contributed by atoms with Crippen molar-refractivity contribution in [2.75, 3.05) is 13.6 Å². The largest absolute Gasteiger partial charge is 0.326 e. The Hall–Kier alpha value is -1.35. The van der Waals surface area contributed by atoms with Crippen LogP contribution in [0, 0.1) is 0 Å². The molecule has 2 N–H and O–H groups in total. The van der Waals surface area contributed by atoms with Crippen molar-refractivity contribution in [1.29, 1.82) is 0 Å². The fourth-order valence-corrected chi connectivity index (χ4v) is 1.72. The molecule has 0 rings (SSSR count). The summed E-state index contributed by atoms with van der Waals surface area (Å²) in [5.41, 5.74) is 1.95. The lowest BCUT2D eigenvalue weighted by Crippen LogP contribution is -2.21. The van der Waals surface area contributed by atoms with Crippen LogP contribution >= 0.6 is 0 Å². The van der Waals surface area contributed by atoms with E-state index in [-0.39, 0.29) is 5.91 Å². The van der Waals surface area contributed by atoms with Crippen LogP contribution in [0.4, 0.5) is 0 Å². The summed E-state index contributed by atoms with van der Waals surface area (Å²) in [5.74, 6) is 0.0815. The minimum atomic E-state index is 0.0815. The topological polar surface area (TPSA) is 41.1 Å². The van der Waals surface area contributed by atoms with E-state index in [9.17, 15) is 4.79 Å². The van der Waals surface area contributed by atoms with Gasteiger partial charge in [-0.2, -0.15) is 0 Å². The van der Waals surface area contributed by atoms with E-state index in [0.29, 0.717) is 6.42 Å². The normalized spacial score (nSPS) is 11.8. The first-order valence-electron chi connectivity index (χ1n) is 7.60. The minimum absolute atomic E-state index is 0.0815. The molecule has 0 saturated heterocycles. The van der Waals surface area contributed by atoms with Gasteiger partial charge in [-0.05, 0) is 52.3 Å². The molecule has 0 radical (unpaired) electrons. The van der Waals surface area contributed by atoms with Crippen molar-refractivity contribution in [3.8, 4) is 0 Å². The molecule has 3 nitrogen and oxygen atoms in total. The fraction of sp³-hybridized carbons (Fsp3) is 0.588. The molecule has 0 aliphatic rings. The van der Waals surface area contributed by atoms with Crippen LogP contribution in [0.15, 0.2) is 36.1 Å². The van der Waals surface area contributed by atoms with Gasteiger partial charge in [0.1, 0.15) is 0 Å². The summed E-state index contributed by atoms with van der Waals surface area (Å²) in [6.07, 6.45) is 11.7. The van der Waals surface area contributed by atoms with Crippen molar-refractivity contribution in [3.63, 3.8) is 0 Å². The molecule has 0 aromatic carbocycles. The van der Waals surface area contributed by atoms with E-state index >= 15 is 0 Å². The molecule has 0 spiro atoms. The monoisotopic (exact) mass is 278 g/mol.